The number of aryl methyl sites for hydroxylation is 1. The van der Waals surface area contributed by atoms with Crippen LogP contribution in [0.15, 0.2) is 24.3 Å². The zero-order valence-electron chi connectivity index (χ0n) is 6.63. The Morgan fingerprint density at radius 1 is 1.36 bits per heavy atom. The first-order chi connectivity index (χ1) is 5.20. The van der Waals surface area contributed by atoms with E-state index in [1.165, 1.54) is 0 Å². The van der Waals surface area contributed by atoms with Crippen LogP contribution in [0.25, 0.3) is 0 Å². The van der Waals surface area contributed by atoms with Gasteiger partial charge in [0.1, 0.15) is 5.75 Å². The Labute approximate surface area is 72.0 Å². The maximum atomic E-state index is 5.28. The maximum absolute atomic E-state index is 5.28. The molecule has 0 unspecified atom stereocenters. The van der Waals surface area contributed by atoms with Crippen molar-refractivity contribution in [1.29, 1.82) is 0 Å². The summed E-state index contributed by atoms with van der Waals surface area (Å²) in [5.41, 5.74) is 1.11. The van der Waals surface area contributed by atoms with Crippen molar-refractivity contribution < 1.29 is 4.74 Å². The molecule has 0 aromatic heterocycles. The first-order valence-electron chi connectivity index (χ1n) is 3.44. The number of benzene rings is 1. The van der Waals surface area contributed by atoms with Crippen molar-refractivity contribution in [2.45, 2.75) is 13.8 Å². The molecule has 0 aliphatic carbocycles. The fraction of sp³-hybridized carbons (Fsp3) is 0.222. The maximum Gasteiger partial charge on any atom is 0.164 e. The predicted molar refractivity (Wildman–Crippen MR) is 50.1 cm³/mol. The largest absolute Gasteiger partial charge is 0.450 e. The van der Waals surface area contributed by atoms with Crippen LogP contribution in [0.1, 0.15) is 12.5 Å². The van der Waals surface area contributed by atoms with E-state index < -0.39 is 0 Å². The fourth-order valence-corrected chi connectivity index (χ4v) is 0.916. The summed E-state index contributed by atoms with van der Waals surface area (Å²) in [7, 11) is 0. The van der Waals surface area contributed by atoms with Crippen molar-refractivity contribution in [1.82, 2.24) is 0 Å². The van der Waals surface area contributed by atoms with Gasteiger partial charge in [0.2, 0.25) is 0 Å². The molecular formula is C9H10OS. The van der Waals surface area contributed by atoms with Gasteiger partial charge in [-0.2, -0.15) is 0 Å². The number of ether oxygens (including phenoxy) is 1. The van der Waals surface area contributed by atoms with Gasteiger partial charge in [-0.05, 0) is 30.8 Å². The second kappa shape index (κ2) is 3.49. The van der Waals surface area contributed by atoms with Gasteiger partial charge in [0.05, 0.1) is 0 Å². The normalized spacial score (nSPS) is 9.27. The Kier molecular flexibility index (Phi) is 2.60. The van der Waals surface area contributed by atoms with Gasteiger partial charge in [0, 0.05) is 6.92 Å². The van der Waals surface area contributed by atoms with Gasteiger partial charge in [-0.3, -0.25) is 0 Å². The van der Waals surface area contributed by atoms with Crippen molar-refractivity contribution in [2.75, 3.05) is 0 Å². The van der Waals surface area contributed by atoms with Crippen LogP contribution in [0.4, 0.5) is 0 Å². The first-order valence-corrected chi connectivity index (χ1v) is 3.85. The molecule has 11 heavy (non-hydrogen) atoms. The van der Waals surface area contributed by atoms with Crippen LogP contribution in [0.5, 0.6) is 5.75 Å². The van der Waals surface area contributed by atoms with E-state index in [-0.39, 0.29) is 0 Å². The Bertz CT molecular complexity index is 268. The highest BCUT2D eigenvalue weighted by Crippen LogP contribution is 2.16. The second-order valence-electron chi connectivity index (χ2n) is 2.36. The molecule has 0 heterocycles. The van der Waals surface area contributed by atoms with E-state index >= 15 is 0 Å². The molecule has 0 aliphatic rings. The summed E-state index contributed by atoms with van der Waals surface area (Å²) in [5, 5.41) is 0.555. The first kappa shape index (κ1) is 8.21. The molecule has 1 aromatic carbocycles. The fourth-order valence-electron chi connectivity index (χ4n) is 0.826. The SMILES string of the molecule is CC(=S)Oc1ccccc1C. The van der Waals surface area contributed by atoms with Gasteiger partial charge in [-0.15, -0.1) is 0 Å². The Morgan fingerprint density at radius 2 is 2.00 bits per heavy atom. The zero-order valence-corrected chi connectivity index (χ0v) is 7.44. The number of hydrogen-bond acceptors (Lipinski definition) is 2. The minimum atomic E-state index is 0.555. The molecule has 0 atom stereocenters. The van der Waals surface area contributed by atoms with Gasteiger partial charge in [0.15, 0.2) is 5.05 Å². The highest BCUT2D eigenvalue weighted by molar-refractivity contribution is 7.80. The highest BCUT2D eigenvalue weighted by Gasteiger charge is 1.96. The summed E-state index contributed by atoms with van der Waals surface area (Å²) in [6.07, 6.45) is 0. The molecule has 0 aliphatic heterocycles. The number of hydrogen-bond donors (Lipinski definition) is 0. The molecule has 1 rings (SSSR count). The number of para-hydroxylation sites is 1. The monoisotopic (exact) mass is 166 g/mol. The van der Waals surface area contributed by atoms with Crippen molar-refractivity contribution in [3.63, 3.8) is 0 Å². The van der Waals surface area contributed by atoms with Gasteiger partial charge in [-0.1, -0.05) is 18.2 Å². The van der Waals surface area contributed by atoms with Crippen LogP contribution in [-0.4, -0.2) is 5.05 Å². The summed E-state index contributed by atoms with van der Waals surface area (Å²) >= 11 is 4.81. The van der Waals surface area contributed by atoms with E-state index in [4.69, 9.17) is 17.0 Å². The third kappa shape index (κ3) is 2.31. The van der Waals surface area contributed by atoms with Crippen molar-refractivity contribution >= 4 is 17.3 Å². The quantitative estimate of drug-likeness (QED) is 0.593. The third-order valence-electron chi connectivity index (χ3n) is 1.35. The molecule has 0 fully saturated rings. The molecule has 0 saturated heterocycles. The van der Waals surface area contributed by atoms with Crippen molar-refractivity contribution in [3.8, 4) is 5.75 Å². The molecule has 0 N–H and O–H groups in total. The van der Waals surface area contributed by atoms with E-state index in [0.29, 0.717) is 5.05 Å². The molecule has 0 saturated carbocycles. The smallest absolute Gasteiger partial charge is 0.164 e. The molecular weight excluding hydrogens is 156 g/mol. The van der Waals surface area contributed by atoms with Crippen LogP contribution in [0.3, 0.4) is 0 Å². The molecule has 0 bridgehead atoms. The Hall–Kier alpha value is -0.890. The number of rotatable bonds is 1. The standard InChI is InChI=1S/C9H10OS/c1-7-5-3-4-6-9(7)10-8(2)11/h3-6H,1-2H3. The third-order valence-corrected chi connectivity index (χ3v) is 1.43. The topological polar surface area (TPSA) is 9.23 Å². The van der Waals surface area contributed by atoms with E-state index in [0.717, 1.165) is 11.3 Å². The predicted octanol–water partition coefficient (Wildman–Crippen LogP) is 2.72. The van der Waals surface area contributed by atoms with Gasteiger partial charge in [-0.25, -0.2) is 0 Å². The van der Waals surface area contributed by atoms with E-state index in [1.54, 1.807) is 6.92 Å². The summed E-state index contributed by atoms with van der Waals surface area (Å²) in [6, 6.07) is 7.81. The Balaban J connectivity index is 2.86. The van der Waals surface area contributed by atoms with E-state index in [2.05, 4.69) is 0 Å². The average Bonchev–Trinajstić information content (AvgIpc) is 1.93. The lowest BCUT2D eigenvalue weighted by Crippen LogP contribution is -1.99. The number of thiocarbonyl (C=S) groups is 1. The molecule has 58 valence electrons. The lowest BCUT2D eigenvalue weighted by atomic mass is 10.2. The second-order valence-corrected chi connectivity index (χ2v) is 2.93. The minimum absolute atomic E-state index is 0.555. The molecule has 1 nitrogen and oxygen atoms in total. The minimum Gasteiger partial charge on any atom is -0.450 e. The van der Waals surface area contributed by atoms with E-state index in [1.807, 2.05) is 31.2 Å². The van der Waals surface area contributed by atoms with Crippen molar-refractivity contribution in [3.05, 3.63) is 29.8 Å². The lowest BCUT2D eigenvalue weighted by molar-refractivity contribution is 0.556. The van der Waals surface area contributed by atoms with Crippen LogP contribution < -0.4 is 4.74 Å². The van der Waals surface area contributed by atoms with Crippen LogP contribution >= 0.6 is 12.2 Å². The average molecular weight is 166 g/mol. The molecule has 2 heteroatoms. The molecule has 0 amide bonds. The van der Waals surface area contributed by atoms with Gasteiger partial charge in [0.25, 0.3) is 0 Å². The summed E-state index contributed by atoms with van der Waals surface area (Å²) < 4.78 is 5.28. The lowest BCUT2D eigenvalue weighted by Gasteiger charge is -2.04. The van der Waals surface area contributed by atoms with Crippen LogP contribution in [0, 0.1) is 6.92 Å². The summed E-state index contributed by atoms with van der Waals surface area (Å²) in [4.78, 5) is 0. The van der Waals surface area contributed by atoms with E-state index in [9.17, 15) is 0 Å². The van der Waals surface area contributed by atoms with Crippen molar-refractivity contribution in [2.24, 2.45) is 0 Å². The highest BCUT2D eigenvalue weighted by atomic mass is 32.1. The van der Waals surface area contributed by atoms with Gasteiger partial charge >= 0.3 is 0 Å². The molecule has 0 spiro atoms. The summed E-state index contributed by atoms with van der Waals surface area (Å²) in [5.74, 6) is 0.847. The summed E-state index contributed by atoms with van der Waals surface area (Å²) in [6.45, 7) is 3.76. The molecule has 1 aromatic rings. The van der Waals surface area contributed by atoms with Crippen LogP contribution in [-0.2, 0) is 0 Å². The van der Waals surface area contributed by atoms with Gasteiger partial charge < -0.3 is 4.74 Å². The molecule has 0 radical (unpaired) electrons. The van der Waals surface area contributed by atoms with Crippen LogP contribution in [0.2, 0.25) is 0 Å². The zero-order chi connectivity index (χ0) is 8.27. The Morgan fingerprint density at radius 3 is 2.55 bits per heavy atom.